The van der Waals surface area contributed by atoms with E-state index in [9.17, 15) is 4.39 Å². The predicted octanol–water partition coefficient (Wildman–Crippen LogP) is 1.94. The molecule has 1 aromatic carbocycles. The second-order valence-electron chi connectivity index (χ2n) is 5.34. The largest absolute Gasteiger partial charge is 0.494 e. The van der Waals surface area contributed by atoms with Gasteiger partial charge in [-0.3, -0.25) is 4.90 Å². The summed E-state index contributed by atoms with van der Waals surface area (Å²) < 4.78 is 24.5. The van der Waals surface area contributed by atoms with Crippen molar-refractivity contribution in [2.75, 3.05) is 26.8 Å². The number of morpholine rings is 1. The van der Waals surface area contributed by atoms with E-state index in [0.29, 0.717) is 13.2 Å². The van der Waals surface area contributed by atoms with Crippen LogP contribution in [0.15, 0.2) is 18.2 Å². The number of benzene rings is 1. The van der Waals surface area contributed by atoms with Crippen molar-refractivity contribution >= 4 is 0 Å². The van der Waals surface area contributed by atoms with Crippen molar-refractivity contribution in [3.05, 3.63) is 29.6 Å². The molecular formula is C15H23FN2O2. The third-order valence-corrected chi connectivity index (χ3v) is 3.84. The minimum atomic E-state index is -0.350. The van der Waals surface area contributed by atoms with E-state index in [1.165, 1.54) is 13.2 Å². The lowest BCUT2D eigenvalue weighted by Crippen LogP contribution is -2.50. The third-order valence-electron chi connectivity index (χ3n) is 3.84. The molecule has 4 nitrogen and oxygen atoms in total. The highest BCUT2D eigenvalue weighted by atomic mass is 19.1. The van der Waals surface area contributed by atoms with Crippen LogP contribution in [0.5, 0.6) is 5.75 Å². The summed E-state index contributed by atoms with van der Waals surface area (Å²) in [5, 5.41) is 0. The highest BCUT2D eigenvalue weighted by Gasteiger charge is 2.30. The second kappa shape index (κ2) is 6.52. The van der Waals surface area contributed by atoms with Crippen molar-refractivity contribution < 1.29 is 13.9 Å². The molecule has 1 heterocycles. The zero-order valence-corrected chi connectivity index (χ0v) is 12.3. The summed E-state index contributed by atoms with van der Waals surface area (Å²) >= 11 is 0. The van der Waals surface area contributed by atoms with E-state index in [4.69, 9.17) is 15.2 Å². The molecule has 1 aliphatic heterocycles. The van der Waals surface area contributed by atoms with Crippen LogP contribution in [0.2, 0.25) is 0 Å². The molecule has 0 aromatic heterocycles. The lowest BCUT2D eigenvalue weighted by atomic mass is 10.0. The Kier molecular flexibility index (Phi) is 4.96. The zero-order chi connectivity index (χ0) is 14.7. The molecule has 0 saturated carbocycles. The molecule has 2 N–H and O–H groups in total. The minimum absolute atomic E-state index is 0.00300. The monoisotopic (exact) mass is 282 g/mol. The van der Waals surface area contributed by atoms with Crippen LogP contribution in [0.3, 0.4) is 0 Å². The molecule has 0 bridgehead atoms. The van der Waals surface area contributed by atoms with E-state index in [0.717, 1.165) is 12.1 Å². The first kappa shape index (κ1) is 15.2. The summed E-state index contributed by atoms with van der Waals surface area (Å²) in [5.41, 5.74) is 6.81. The summed E-state index contributed by atoms with van der Waals surface area (Å²) in [4.78, 5) is 2.29. The average molecular weight is 282 g/mol. The first-order valence-corrected chi connectivity index (χ1v) is 6.97. The van der Waals surface area contributed by atoms with Gasteiger partial charge in [0.05, 0.1) is 19.8 Å². The Morgan fingerprint density at radius 2 is 2.25 bits per heavy atom. The zero-order valence-electron chi connectivity index (χ0n) is 12.3. The maximum atomic E-state index is 13.9. The molecule has 2 rings (SSSR count). The Labute approximate surface area is 119 Å². The standard InChI is InChI=1S/C15H23FN2O2/c1-10-9-20-11(2)8-18(10)14(7-17)12-4-5-15(19-3)13(16)6-12/h4-6,10-11,14H,7-9,17H2,1-3H3. The molecule has 0 aliphatic carbocycles. The van der Waals surface area contributed by atoms with Crippen molar-refractivity contribution in [2.24, 2.45) is 5.73 Å². The van der Waals surface area contributed by atoms with Crippen molar-refractivity contribution in [3.63, 3.8) is 0 Å². The molecule has 0 amide bonds. The number of hydrogen-bond acceptors (Lipinski definition) is 4. The van der Waals surface area contributed by atoms with E-state index in [2.05, 4.69) is 11.8 Å². The van der Waals surface area contributed by atoms with Gasteiger partial charge in [0.1, 0.15) is 0 Å². The summed E-state index contributed by atoms with van der Waals surface area (Å²) in [5.74, 6) is -0.0923. The van der Waals surface area contributed by atoms with Gasteiger partial charge in [-0.25, -0.2) is 4.39 Å². The second-order valence-corrected chi connectivity index (χ2v) is 5.34. The number of ether oxygens (including phenoxy) is 2. The van der Waals surface area contributed by atoms with Crippen LogP contribution in [0, 0.1) is 5.82 Å². The average Bonchev–Trinajstić information content (AvgIpc) is 2.44. The number of hydrogen-bond donors (Lipinski definition) is 1. The van der Waals surface area contributed by atoms with Crippen molar-refractivity contribution in [1.29, 1.82) is 0 Å². The number of rotatable bonds is 4. The normalized spacial score (nSPS) is 25.4. The van der Waals surface area contributed by atoms with Gasteiger partial charge in [-0.05, 0) is 31.5 Å². The Balaban J connectivity index is 2.24. The molecule has 3 atom stereocenters. The molecule has 0 radical (unpaired) electrons. The van der Waals surface area contributed by atoms with Crippen molar-refractivity contribution in [3.8, 4) is 5.75 Å². The van der Waals surface area contributed by atoms with Gasteiger partial charge in [-0.15, -0.1) is 0 Å². The molecule has 1 fully saturated rings. The van der Waals surface area contributed by atoms with Gasteiger partial charge in [0, 0.05) is 25.2 Å². The summed E-state index contributed by atoms with van der Waals surface area (Å²) in [6, 6.07) is 5.32. The maximum Gasteiger partial charge on any atom is 0.165 e. The van der Waals surface area contributed by atoms with E-state index in [1.807, 2.05) is 13.0 Å². The maximum absolute atomic E-state index is 13.9. The molecule has 0 spiro atoms. The van der Waals surface area contributed by atoms with Gasteiger partial charge < -0.3 is 15.2 Å². The van der Waals surface area contributed by atoms with Crippen LogP contribution in [0.1, 0.15) is 25.5 Å². The number of nitrogens with zero attached hydrogens (tertiary/aromatic N) is 1. The van der Waals surface area contributed by atoms with Crippen molar-refractivity contribution in [2.45, 2.75) is 32.0 Å². The van der Waals surface area contributed by atoms with Crippen LogP contribution in [0.4, 0.5) is 4.39 Å². The summed E-state index contributed by atoms with van der Waals surface area (Å²) in [6.07, 6.45) is 0.170. The van der Waals surface area contributed by atoms with Crippen LogP contribution >= 0.6 is 0 Å². The highest BCUT2D eigenvalue weighted by molar-refractivity contribution is 5.31. The Hall–Kier alpha value is -1.17. The topological polar surface area (TPSA) is 47.7 Å². The number of halogens is 1. The minimum Gasteiger partial charge on any atom is -0.494 e. The van der Waals surface area contributed by atoms with Gasteiger partial charge >= 0.3 is 0 Å². The smallest absolute Gasteiger partial charge is 0.165 e. The van der Waals surface area contributed by atoms with Gasteiger partial charge in [0.25, 0.3) is 0 Å². The van der Waals surface area contributed by atoms with Crippen LogP contribution in [-0.2, 0) is 4.74 Å². The molecule has 1 saturated heterocycles. The Morgan fingerprint density at radius 1 is 1.50 bits per heavy atom. The first-order chi connectivity index (χ1) is 9.56. The molecule has 1 aromatic rings. The molecule has 1 aliphatic rings. The highest BCUT2D eigenvalue weighted by Crippen LogP contribution is 2.28. The lowest BCUT2D eigenvalue weighted by molar-refractivity contribution is -0.0654. The first-order valence-electron chi connectivity index (χ1n) is 6.97. The van der Waals surface area contributed by atoms with E-state index in [-0.39, 0.29) is 29.8 Å². The fourth-order valence-electron chi connectivity index (χ4n) is 2.72. The van der Waals surface area contributed by atoms with Crippen LogP contribution in [-0.4, -0.2) is 43.9 Å². The third kappa shape index (κ3) is 3.11. The molecule has 112 valence electrons. The van der Waals surface area contributed by atoms with Crippen LogP contribution in [0.25, 0.3) is 0 Å². The lowest BCUT2D eigenvalue weighted by Gasteiger charge is -2.41. The van der Waals surface area contributed by atoms with Gasteiger partial charge in [-0.2, -0.15) is 0 Å². The van der Waals surface area contributed by atoms with E-state index >= 15 is 0 Å². The van der Waals surface area contributed by atoms with E-state index < -0.39 is 0 Å². The fraction of sp³-hybridized carbons (Fsp3) is 0.600. The van der Waals surface area contributed by atoms with Gasteiger partial charge in [0.2, 0.25) is 0 Å². The predicted molar refractivity (Wildman–Crippen MR) is 76.3 cm³/mol. The number of methoxy groups -OCH3 is 1. The molecule has 5 heteroatoms. The summed E-state index contributed by atoms with van der Waals surface area (Å²) in [7, 11) is 1.46. The quantitative estimate of drug-likeness (QED) is 0.917. The number of nitrogens with two attached hydrogens (primary N) is 1. The molecule has 3 unspecified atom stereocenters. The Bertz CT molecular complexity index is 455. The van der Waals surface area contributed by atoms with Crippen LogP contribution < -0.4 is 10.5 Å². The molecular weight excluding hydrogens is 259 g/mol. The van der Waals surface area contributed by atoms with Gasteiger partial charge in [-0.1, -0.05) is 6.07 Å². The summed E-state index contributed by atoms with van der Waals surface area (Å²) in [6.45, 7) is 6.07. The van der Waals surface area contributed by atoms with E-state index in [1.54, 1.807) is 6.07 Å². The Morgan fingerprint density at radius 3 is 2.85 bits per heavy atom. The SMILES string of the molecule is COc1ccc(C(CN)N2CC(C)OCC2C)cc1F. The fourth-order valence-corrected chi connectivity index (χ4v) is 2.72. The van der Waals surface area contributed by atoms with Gasteiger partial charge in [0.15, 0.2) is 11.6 Å². The van der Waals surface area contributed by atoms with Crippen molar-refractivity contribution in [1.82, 2.24) is 4.90 Å². The molecule has 20 heavy (non-hydrogen) atoms.